The summed E-state index contributed by atoms with van der Waals surface area (Å²) in [5.74, 6) is -0.337. The first-order valence-electron chi connectivity index (χ1n) is 4.63. The molecule has 1 fully saturated rings. The Balaban J connectivity index is 2.19. The molecule has 0 spiro atoms. The van der Waals surface area contributed by atoms with Crippen LogP contribution in [0.15, 0.2) is 12.4 Å². The molecule has 0 aliphatic heterocycles. The van der Waals surface area contributed by atoms with Gasteiger partial charge in [-0.05, 0) is 12.8 Å². The third-order valence-corrected chi connectivity index (χ3v) is 2.36. The molecule has 0 radical (unpaired) electrons. The molecule has 80 valence electrons. The Kier molecular flexibility index (Phi) is 2.73. The Morgan fingerprint density at radius 3 is 2.87 bits per heavy atom. The Bertz CT molecular complexity index is 381. The van der Waals surface area contributed by atoms with Crippen molar-refractivity contribution in [1.29, 1.82) is 0 Å². The van der Waals surface area contributed by atoms with E-state index in [0.29, 0.717) is 5.82 Å². The zero-order valence-electron chi connectivity index (χ0n) is 7.93. The normalized spacial score (nSPS) is 15.0. The summed E-state index contributed by atoms with van der Waals surface area (Å²) in [6.45, 7) is -0.0559. The Hall–Kier alpha value is -1.36. The van der Waals surface area contributed by atoms with Gasteiger partial charge in [0.2, 0.25) is 0 Å². The minimum atomic E-state index is -0.872. The second-order valence-corrected chi connectivity index (χ2v) is 3.84. The van der Waals surface area contributed by atoms with Crippen molar-refractivity contribution in [2.24, 2.45) is 0 Å². The zero-order valence-corrected chi connectivity index (χ0v) is 8.68. The molecule has 0 saturated heterocycles. The summed E-state index contributed by atoms with van der Waals surface area (Å²) in [5.41, 5.74) is 0. The molecule has 0 bridgehead atoms. The van der Waals surface area contributed by atoms with Crippen LogP contribution in [0.5, 0.6) is 0 Å². The van der Waals surface area contributed by atoms with Gasteiger partial charge in [-0.2, -0.15) is 0 Å². The molecule has 0 atom stereocenters. The summed E-state index contributed by atoms with van der Waals surface area (Å²) >= 11 is 5.70. The Morgan fingerprint density at radius 1 is 1.60 bits per heavy atom. The van der Waals surface area contributed by atoms with Crippen LogP contribution in [0, 0.1) is 0 Å². The van der Waals surface area contributed by atoms with Gasteiger partial charge < -0.3 is 10.0 Å². The van der Waals surface area contributed by atoms with Crippen molar-refractivity contribution in [3.05, 3.63) is 17.5 Å². The number of hydrogen-bond donors (Lipinski definition) is 1. The lowest BCUT2D eigenvalue weighted by Gasteiger charge is -2.20. The van der Waals surface area contributed by atoms with Crippen molar-refractivity contribution in [3.63, 3.8) is 0 Å². The third kappa shape index (κ3) is 2.56. The van der Waals surface area contributed by atoms with E-state index >= 15 is 0 Å². The fourth-order valence-electron chi connectivity index (χ4n) is 1.40. The Labute approximate surface area is 91.7 Å². The SMILES string of the molecule is O=C(O)CN(c1cncc(Cl)n1)C1CC1. The van der Waals surface area contributed by atoms with Crippen LogP contribution in [0.3, 0.4) is 0 Å². The fourth-order valence-corrected chi connectivity index (χ4v) is 1.54. The van der Waals surface area contributed by atoms with Gasteiger partial charge in [0.15, 0.2) is 0 Å². The lowest BCUT2D eigenvalue weighted by atomic mass is 10.4. The average Bonchev–Trinajstić information content (AvgIpc) is 2.97. The van der Waals surface area contributed by atoms with E-state index in [1.165, 1.54) is 12.4 Å². The molecule has 15 heavy (non-hydrogen) atoms. The second kappa shape index (κ2) is 4.02. The quantitative estimate of drug-likeness (QED) is 0.837. The smallest absolute Gasteiger partial charge is 0.323 e. The number of carboxylic acid groups (broad SMARTS) is 1. The topological polar surface area (TPSA) is 66.3 Å². The molecule has 1 aliphatic carbocycles. The van der Waals surface area contributed by atoms with Crippen LogP contribution < -0.4 is 4.90 Å². The first-order valence-corrected chi connectivity index (χ1v) is 5.00. The Morgan fingerprint density at radius 2 is 2.33 bits per heavy atom. The van der Waals surface area contributed by atoms with Crippen molar-refractivity contribution in [2.75, 3.05) is 11.4 Å². The molecule has 2 rings (SSSR count). The van der Waals surface area contributed by atoms with Gasteiger partial charge in [-0.3, -0.25) is 9.78 Å². The lowest BCUT2D eigenvalue weighted by Crippen LogP contribution is -2.32. The minimum absolute atomic E-state index is 0.0559. The number of anilines is 1. The highest BCUT2D eigenvalue weighted by Gasteiger charge is 2.31. The van der Waals surface area contributed by atoms with E-state index in [-0.39, 0.29) is 17.7 Å². The van der Waals surface area contributed by atoms with Crippen LogP contribution in [-0.4, -0.2) is 33.6 Å². The van der Waals surface area contributed by atoms with Crippen molar-refractivity contribution in [1.82, 2.24) is 9.97 Å². The monoisotopic (exact) mass is 227 g/mol. The summed E-state index contributed by atoms with van der Waals surface area (Å²) in [4.78, 5) is 20.3. The summed E-state index contributed by atoms with van der Waals surface area (Å²) < 4.78 is 0. The summed E-state index contributed by atoms with van der Waals surface area (Å²) in [6, 6.07) is 0.272. The largest absolute Gasteiger partial charge is 0.480 e. The van der Waals surface area contributed by atoms with E-state index in [9.17, 15) is 4.79 Å². The van der Waals surface area contributed by atoms with E-state index in [0.717, 1.165) is 12.8 Å². The maximum atomic E-state index is 10.7. The van der Waals surface area contributed by atoms with Crippen molar-refractivity contribution >= 4 is 23.4 Å². The maximum absolute atomic E-state index is 10.7. The van der Waals surface area contributed by atoms with E-state index in [4.69, 9.17) is 16.7 Å². The highest BCUT2D eigenvalue weighted by Crippen LogP contribution is 2.30. The maximum Gasteiger partial charge on any atom is 0.323 e. The van der Waals surface area contributed by atoms with Gasteiger partial charge in [-0.1, -0.05) is 11.6 Å². The molecule has 1 heterocycles. The molecule has 0 amide bonds. The summed E-state index contributed by atoms with van der Waals surface area (Å²) in [6.07, 6.45) is 4.97. The van der Waals surface area contributed by atoms with Crippen LogP contribution in [0.2, 0.25) is 5.15 Å². The van der Waals surface area contributed by atoms with Gasteiger partial charge >= 0.3 is 5.97 Å². The lowest BCUT2D eigenvalue weighted by molar-refractivity contribution is -0.135. The van der Waals surface area contributed by atoms with Gasteiger partial charge in [0.05, 0.1) is 12.4 Å². The van der Waals surface area contributed by atoms with Crippen LogP contribution in [0.4, 0.5) is 5.82 Å². The number of halogens is 1. The zero-order chi connectivity index (χ0) is 10.8. The molecule has 0 unspecified atom stereocenters. The van der Waals surface area contributed by atoms with E-state index in [1.54, 1.807) is 4.90 Å². The highest BCUT2D eigenvalue weighted by atomic mass is 35.5. The number of carboxylic acids is 1. The molecular formula is C9H10ClN3O2. The van der Waals surface area contributed by atoms with E-state index in [1.807, 2.05) is 0 Å². The van der Waals surface area contributed by atoms with E-state index in [2.05, 4.69) is 9.97 Å². The van der Waals surface area contributed by atoms with Gasteiger partial charge in [-0.15, -0.1) is 0 Å². The summed E-state index contributed by atoms with van der Waals surface area (Å²) in [7, 11) is 0. The molecule has 6 heteroatoms. The van der Waals surface area contributed by atoms with Crippen LogP contribution >= 0.6 is 11.6 Å². The van der Waals surface area contributed by atoms with Crippen LogP contribution in [0.25, 0.3) is 0 Å². The predicted octanol–water partition coefficient (Wildman–Crippen LogP) is 1.18. The van der Waals surface area contributed by atoms with Crippen molar-refractivity contribution in [2.45, 2.75) is 18.9 Å². The first kappa shape index (κ1) is 10.2. The second-order valence-electron chi connectivity index (χ2n) is 3.45. The van der Waals surface area contributed by atoms with Crippen molar-refractivity contribution in [3.8, 4) is 0 Å². The number of aromatic nitrogens is 2. The molecule has 1 aromatic rings. The van der Waals surface area contributed by atoms with Gasteiger partial charge in [0.1, 0.15) is 17.5 Å². The highest BCUT2D eigenvalue weighted by molar-refractivity contribution is 6.29. The molecule has 1 aromatic heterocycles. The number of rotatable bonds is 4. The van der Waals surface area contributed by atoms with Gasteiger partial charge in [-0.25, -0.2) is 4.98 Å². The van der Waals surface area contributed by atoms with Gasteiger partial charge in [0.25, 0.3) is 0 Å². The molecular weight excluding hydrogens is 218 g/mol. The standard InChI is InChI=1S/C9H10ClN3O2/c10-7-3-11-4-8(12-7)13(5-9(14)15)6-1-2-6/h3-4,6H,1-2,5H2,(H,14,15). The third-order valence-electron chi connectivity index (χ3n) is 2.18. The number of nitrogens with zero attached hydrogens (tertiary/aromatic N) is 3. The molecule has 1 saturated carbocycles. The average molecular weight is 228 g/mol. The number of hydrogen-bond acceptors (Lipinski definition) is 4. The van der Waals surface area contributed by atoms with Gasteiger partial charge in [0, 0.05) is 6.04 Å². The summed E-state index contributed by atoms with van der Waals surface area (Å²) in [5, 5.41) is 9.05. The molecule has 0 aromatic carbocycles. The van der Waals surface area contributed by atoms with Crippen LogP contribution in [-0.2, 0) is 4.79 Å². The fraction of sp³-hybridized carbons (Fsp3) is 0.444. The molecule has 1 N–H and O–H groups in total. The van der Waals surface area contributed by atoms with Crippen LogP contribution in [0.1, 0.15) is 12.8 Å². The predicted molar refractivity (Wildman–Crippen MR) is 55.0 cm³/mol. The molecule has 1 aliphatic rings. The number of aliphatic carboxylic acids is 1. The van der Waals surface area contributed by atoms with E-state index < -0.39 is 5.97 Å². The molecule has 5 nitrogen and oxygen atoms in total. The first-order chi connectivity index (χ1) is 7.16. The number of carbonyl (C=O) groups is 1. The minimum Gasteiger partial charge on any atom is -0.480 e. The van der Waals surface area contributed by atoms with Crippen molar-refractivity contribution < 1.29 is 9.90 Å².